The molecule has 17 heavy (non-hydrogen) atoms. The molecule has 0 radical (unpaired) electrons. The number of aliphatic hydroxyl groups excluding tert-OH is 1. The highest BCUT2D eigenvalue weighted by atomic mass is 32.2. The van der Waals surface area contributed by atoms with Crippen LogP contribution in [0.5, 0.6) is 0 Å². The first-order chi connectivity index (χ1) is 7.88. The maximum absolute atomic E-state index is 13.4. The Morgan fingerprint density at radius 2 is 1.94 bits per heavy atom. The second-order valence-corrected chi connectivity index (χ2v) is 5.68. The van der Waals surface area contributed by atoms with Crippen molar-refractivity contribution in [1.82, 2.24) is 4.72 Å². The minimum absolute atomic E-state index is 0.138. The van der Waals surface area contributed by atoms with E-state index in [1.165, 1.54) is 18.2 Å². The van der Waals surface area contributed by atoms with Crippen molar-refractivity contribution in [2.24, 2.45) is 5.92 Å². The molecule has 0 aliphatic carbocycles. The van der Waals surface area contributed by atoms with E-state index < -0.39 is 21.9 Å². The minimum atomic E-state index is -3.88. The van der Waals surface area contributed by atoms with Crippen LogP contribution < -0.4 is 4.72 Å². The lowest BCUT2D eigenvalue weighted by Gasteiger charge is -2.19. The molecule has 0 saturated heterocycles. The van der Waals surface area contributed by atoms with E-state index in [1.54, 1.807) is 13.8 Å². The lowest BCUT2D eigenvalue weighted by molar-refractivity contribution is 0.216. The van der Waals surface area contributed by atoms with Crippen LogP contribution in [0.1, 0.15) is 13.8 Å². The Morgan fingerprint density at radius 3 is 2.47 bits per heavy atom. The predicted octanol–water partition coefficient (Wildman–Crippen LogP) is 1.12. The van der Waals surface area contributed by atoms with Crippen molar-refractivity contribution in [2.75, 3.05) is 6.61 Å². The van der Waals surface area contributed by atoms with E-state index in [1.807, 2.05) is 0 Å². The van der Waals surface area contributed by atoms with Crippen molar-refractivity contribution in [3.05, 3.63) is 30.1 Å². The van der Waals surface area contributed by atoms with Gasteiger partial charge < -0.3 is 5.11 Å². The molecule has 0 aliphatic rings. The first kappa shape index (κ1) is 14.1. The zero-order valence-corrected chi connectivity index (χ0v) is 10.5. The Bertz CT molecular complexity index is 475. The van der Waals surface area contributed by atoms with Gasteiger partial charge in [0.25, 0.3) is 0 Å². The average Bonchev–Trinajstić information content (AvgIpc) is 2.27. The van der Waals surface area contributed by atoms with Crippen LogP contribution in [-0.2, 0) is 10.0 Å². The molecule has 1 aromatic rings. The van der Waals surface area contributed by atoms with E-state index in [0.29, 0.717) is 0 Å². The summed E-state index contributed by atoms with van der Waals surface area (Å²) in [6, 6.07) is 4.71. The summed E-state index contributed by atoms with van der Waals surface area (Å²) in [6.07, 6.45) is 0. The molecule has 2 atom stereocenters. The number of halogens is 1. The van der Waals surface area contributed by atoms with Gasteiger partial charge in [0.2, 0.25) is 10.0 Å². The van der Waals surface area contributed by atoms with Gasteiger partial charge >= 0.3 is 0 Å². The number of benzene rings is 1. The van der Waals surface area contributed by atoms with E-state index >= 15 is 0 Å². The van der Waals surface area contributed by atoms with Crippen LogP contribution in [0.15, 0.2) is 29.2 Å². The van der Waals surface area contributed by atoms with Gasteiger partial charge in [-0.2, -0.15) is 0 Å². The van der Waals surface area contributed by atoms with Crippen LogP contribution in [0.4, 0.5) is 4.39 Å². The third-order valence-electron chi connectivity index (χ3n) is 2.61. The highest BCUT2D eigenvalue weighted by Crippen LogP contribution is 2.15. The van der Waals surface area contributed by atoms with Crippen LogP contribution in [0, 0.1) is 11.7 Å². The zero-order chi connectivity index (χ0) is 13.1. The number of hydrogen-bond acceptors (Lipinski definition) is 3. The molecule has 0 aromatic heterocycles. The zero-order valence-electron chi connectivity index (χ0n) is 9.72. The molecule has 0 aliphatic heterocycles. The maximum atomic E-state index is 13.4. The average molecular weight is 261 g/mol. The lowest BCUT2D eigenvalue weighted by atomic mass is 10.1. The molecular formula is C11H16FNO3S. The molecule has 0 heterocycles. The van der Waals surface area contributed by atoms with E-state index in [-0.39, 0.29) is 17.4 Å². The van der Waals surface area contributed by atoms with Crippen LogP contribution in [0.25, 0.3) is 0 Å². The minimum Gasteiger partial charge on any atom is -0.396 e. The summed E-state index contributed by atoms with van der Waals surface area (Å²) < 4.78 is 39.4. The normalized spacial score (nSPS) is 15.5. The highest BCUT2D eigenvalue weighted by Gasteiger charge is 2.23. The van der Waals surface area contributed by atoms with Gasteiger partial charge in [0.05, 0.1) is 0 Å². The van der Waals surface area contributed by atoms with E-state index in [4.69, 9.17) is 5.11 Å². The molecule has 0 amide bonds. The topological polar surface area (TPSA) is 66.4 Å². The molecular weight excluding hydrogens is 245 g/mol. The van der Waals surface area contributed by atoms with Crippen LogP contribution in [-0.4, -0.2) is 26.2 Å². The monoisotopic (exact) mass is 261 g/mol. The number of nitrogens with one attached hydrogen (secondary N) is 1. The Kier molecular flexibility index (Phi) is 4.62. The van der Waals surface area contributed by atoms with Gasteiger partial charge in [-0.15, -0.1) is 0 Å². The van der Waals surface area contributed by atoms with Crippen molar-refractivity contribution < 1.29 is 17.9 Å². The van der Waals surface area contributed by atoms with Gasteiger partial charge in [-0.05, 0) is 25.0 Å². The molecule has 2 N–H and O–H groups in total. The number of sulfonamides is 1. The smallest absolute Gasteiger partial charge is 0.243 e. The van der Waals surface area contributed by atoms with Crippen molar-refractivity contribution in [2.45, 2.75) is 24.8 Å². The SMILES string of the molecule is CC(CO)C(C)NS(=O)(=O)c1ccccc1F. The van der Waals surface area contributed by atoms with Crippen LogP contribution in [0.2, 0.25) is 0 Å². The van der Waals surface area contributed by atoms with Gasteiger partial charge in [-0.1, -0.05) is 19.1 Å². The quantitative estimate of drug-likeness (QED) is 0.834. The van der Waals surface area contributed by atoms with Crippen LogP contribution in [0.3, 0.4) is 0 Å². The lowest BCUT2D eigenvalue weighted by Crippen LogP contribution is -2.38. The van der Waals surface area contributed by atoms with Crippen molar-refractivity contribution in [3.8, 4) is 0 Å². The van der Waals surface area contributed by atoms with Gasteiger partial charge in [-0.25, -0.2) is 17.5 Å². The summed E-state index contributed by atoms with van der Waals surface area (Å²) in [5.41, 5.74) is 0. The molecule has 2 unspecified atom stereocenters. The van der Waals surface area contributed by atoms with E-state index in [0.717, 1.165) is 6.07 Å². The molecule has 96 valence electrons. The predicted molar refractivity (Wildman–Crippen MR) is 62.4 cm³/mol. The van der Waals surface area contributed by atoms with Gasteiger partial charge in [0.1, 0.15) is 10.7 Å². The largest absolute Gasteiger partial charge is 0.396 e. The summed E-state index contributed by atoms with van der Waals surface area (Å²) in [5.74, 6) is -1.03. The van der Waals surface area contributed by atoms with Gasteiger partial charge in [-0.3, -0.25) is 0 Å². The molecule has 1 aromatic carbocycles. The fourth-order valence-corrected chi connectivity index (χ4v) is 2.68. The first-order valence-corrected chi connectivity index (χ1v) is 6.74. The van der Waals surface area contributed by atoms with Crippen LogP contribution >= 0.6 is 0 Å². The summed E-state index contributed by atoms with van der Waals surface area (Å²) in [5, 5.41) is 8.92. The van der Waals surface area contributed by atoms with Gasteiger partial charge in [0.15, 0.2) is 0 Å². The van der Waals surface area contributed by atoms with E-state index in [2.05, 4.69) is 4.72 Å². The Morgan fingerprint density at radius 1 is 1.35 bits per heavy atom. The fraction of sp³-hybridized carbons (Fsp3) is 0.455. The summed E-state index contributed by atoms with van der Waals surface area (Å²) >= 11 is 0. The standard InChI is InChI=1S/C11H16FNO3S/c1-8(7-14)9(2)13-17(15,16)11-6-4-3-5-10(11)12/h3-6,8-9,13-14H,7H2,1-2H3. The molecule has 1 rings (SSSR count). The summed E-state index contributed by atoms with van der Waals surface area (Å²) in [6.45, 7) is 3.19. The van der Waals surface area contributed by atoms with Crippen molar-refractivity contribution in [1.29, 1.82) is 0 Å². The summed E-state index contributed by atoms with van der Waals surface area (Å²) in [4.78, 5) is -0.378. The second-order valence-electron chi connectivity index (χ2n) is 4.00. The highest BCUT2D eigenvalue weighted by molar-refractivity contribution is 7.89. The molecule has 0 saturated carbocycles. The molecule has 0 spiro atoms. The van der Waals surface area contributed by atoms with Crippen molar-refractivity contribution in [3.63, 3.8) is 0 Å². The Hall–Kier alpha value is -0.980. The number of rotatable bonds is 5. The first-order valence-electron chi connectivity index (χ1n) is 5.26. The fourth-order valence-electron chi connectivity index (χ4n) is 1.25. The third-order valence-corrected chi connectivity index (χ3v) is 4.20. The van der Waals surface area contributed by atoms with Crippen molar-refractivity contribution >= 4 is 10.0 Å². The number of hydrogen-bond donors (Lipinski definition) is 2. The molecule has 4 nitrogen and oxygen atoms in total. The second kappa shape index (κ2) is 5.57. The molecule has 0 bridgehead atoms. The summed E-state index contributed by atoms with van der Waals surface area (Å²) in [7, 11) is -3.88. The maximum Gasteiger partial charge on any atom is 0.243 e. The Labute approximate surface area is 101 Å². The van der Waals surface area contributed by atoms with Gasteiger partial charge in [0, 0.05) is 12.6 Å². The third kappa shape index (κ3) is 3.49. The Balaban J connectivity index is 2.94. The number of aliphatic hydroxyl groups is 1. The molecule has 6 heteroatoms. The van der Waals surface area contributed by atoms with E-state index in [9.17, 15) is 12.8 Å². The molecule has 0 fully saturated rings.